The molecule has 0 bridgehead atoms. The summed E-state index contributed by atoms with van der Waals surface area (Å²) in [5, 5.41) is 1.22. The van der Waals surface area contributed by atoms with Crippen LogP contribution in [0.5, 0.6) is 0 Å². The molecule has 5 aromatic rings. The van der Waals surface area contributed by atoms with Gasteiger partial charge in [-0.15, -0.1) is 0 Å². The van der Waals surface area contributed by atoms with Crippen molar-refractivity contribution in [1.82, 2.24) is 15.0 Å². The van der Waals surface area contributed by atoms with E-state index < -0.39 is 0 Å². The van der Waals surface area contributed by atoms with Crippen molar-refractivity contribution in [3.05, 3.63) is 102 Å². The molecule has 0 aliphatic heterocycles. The van der Waals surface area contributed by atoms with E-state index in [0.717, 1.165) is 41.0 Å². The van der Waals surface area contributed by atoms with Crippen molar-refractivity contribution in [1.29, 1.82) is 0 Å². The lowest BCUT2D eigenvalue weighted by Gasteiger charge is -2.24. The molecule has 0 atom stereocenters. The van der Waals surface area contributed by atoms with Crippen LogP contribution >= 0.6 is 0 Å². The third-order valence-electron chi connectivity index (χ3n) is 5.89. The third-order valence-corrected chi connectivity index (χ3v) is 5.89. The van der Waals surface area contributed by atoms with E-state index in [0.29, 0.717) is 0 Å². The van der Waals surface area contributed by atoms with E-state index in [-0.39, 0.29) is 0 Å². The molecule has 142 valence electrons. The molecule has 2 aromatic carbocycles. The Morgan fingerprint density at radius 2 is 1.50 bits per heavy atom. The van der Waals surface area contributed by atoms with Gasteiger partial charge in [-0.2, -0.15) is 0 Å². The van der Waals surface area contributed by atoms with Gasteiger partial charge in [-0.05, 0) is 65.4 Å². The topological polar surface area (TPSA) is 38.7 Å². The second-order valence-corrected chi connectivity index (χ2v) is 7.64. The first-order valence-electron chi connectivity index (χ1n) is 10.3. The molecule has 0 saturated heterocycles. The molecule has 0 fully saturated rings. The predicted molar refractivity (Wildman–Crippen MR) is 121 cm³/mol. The summed E-state index contributed by atoms with van der Waals surface area (Å²) in [7, 11) is 0. The van der Waals surface area contributed by atoms with Crippen LogP contribution in [-0.4, -0.2) is 15.0 Å². The third kappa shape index (κ3) is 2.71. The zero-order valence-corrected chi connectivity index (χ0v) is 16.4. The number of aryl methyl sites for hydroxylation is 1. The van der Waals surface area contributed by atoms with Crippen molar-refractivity contribution in [3.8, 4) is 33.8 Å². The fourth-order valence-electron chi connectivity index (χ4n) is 4.48. The molecule has 0 N–H and O–H groups in total. The maximum atomic E-state index is 5.08. The van der Waals surface area contributed by atoms with E-state index in [1.807, 2.05) is 30.5 Å². The van der Waals surface area contributed by atoms with Crippen molar-refractivity contribution in [2.45, 2.75) is 12.8 Å². The minimum absolute atomic E-state index is 0.874. The molecular weight excluding hydrogens is 366 g/mol. The van der Waals surface area contributed by atoms with E-state index in [9.17, 15) is 0 Å². The molecule has 3 heteroatoms. The van der Waals surface area contributed by atoms with E-state index >= 15 is 0 Å². The van der Waals surface area contributed by atoms with Crippen molar-refractivity contribution in [2.24, 2.45) is 0 Å². The van der Waals surface area contributed by atoms with Crippen LogP contribution in [0.15, 0.2) is 91.3 Å². The molecule has 6 rings (SSSR count). The predicted octanol–water partition coefficient (Wildman–Crippen LogP) is 6.12. The van der Waals surface area contributed by atoms with Crippen LogP contribution in [0.25, 0.3) is 44.7 Å². The number of rotatable bonds is 2. The SMILES string of the molecule is c1ccc(-c2ccc(-c3nc4ccccc4c4c3CCc3ccccc3-4)cn2)nc1. The van der Waals surface area contributed by atoms with Gasteiger partial charge in [-0.3, -0.25) is 9.97 Å². The van der Waals surface area contributed by atoms with Crippen molar-refractivity contribution in [2.75, 3.05) is 0 Å². The quantitative estimate of drug-likeness (QED) is 0.367. The highest BCUT2D eigenvalue weighted by atomic mass is 14.8. The maximum absolute atomic E-state index is 5.08. The molecular formula is C27H19N3. The number of hydrogen-bond donors (Lipinski definition) is 0. The number of fused-ring (bicyclic) bond motifs is 5. The summed E-state index contributed by atoms with van der Waals surface area (Å²) >= 11 is 0. The Labute approximate surface area is 175 Å². The average molecular weight is 385 g/mol. The summed E-state index contributed by atoms with van der Waals surface area (Å²) in [5.74, 6) is 0. The van der Waals surface area contributed by atoms with Gasteiger partial charge in [0.05, 0.1) is 22.6 Å². The molecule has 0 unspecified atom stereocenters. The standard InChI is InChI=1S/C27H19N3/c1-2-8-20-18(7-1)12-14-22-26(20)21-9-3-4-10-23(21)30-27(22)19-13-15-25(29-17-19)24-11-5-6-16-28-24/h1-11,13,15-17H,12,14H2. The number of hydrogen-bond acceptors (Lipinski definition) is 3. The number of benzene rings is 2. The fourth-order valence-corrected chi connectivity index (χ4v) is 4.48. The molecule has 0 spiro atoms. The minimum Gasteiger partial charge on any atom is -0.255 e. The van der Waals surface area contributed by atoms with Crippen LogP contribution in [0.2, 0.25) is 0 Å². The number of pyridine rings is 3. The van der Waals surface area contributed by atoms with E-state index in [2.05, 4.69) is 59.6 Å². The molecule has 1 aliphatic carbocycles. The van der Waals surface area contributed by atoms with Crippen LogP contribution in [0.4, 0.5) is 0 Å². The Morgan fingerprint density at radius 3 is 2.37 bits per heavy atom. The summed E-state index contributed by atoms with van der Waals surface area (Å²) in [5.41, 5.74) is 10.3. The van der Waals surface area contributed by atoms with Gasteiger partial charge in [-0.1, -0.05) is 48.5 Å². The number of nitrogens with zero attached hydrogens (tertiary/aromatic N) is 3. The minimum atomic E-state index is 0.874. The Hall–Kier alpha value is -3.85. The van der Waals surface area contributed by atoms with Crippen LogP contribution in [0, 0.1) is 0 Å². The first-order chi connectivity index (χ1) is 14.9. The first kappa shape index (κ1) is 17.0. The maximum Gasteiger partial charge on any atom is 0.0886 e. The molecule has 0 radical (unpaired) electrons. The van der Waals surface area contributed by atoms with Crippen molar-refractivity contribution < 1.29 is 0 Å². The summed E-state index contributed by atoms with van der Waals surface area (Å²) in [6.45, 7) is 0. The largest absolute Gasteiger partial charge is 0.255 e. The molecule has 1 aliphatic rings. The van der Waals surface area contributed by atoms with Gasteiger partial charge in [-0.25, -0.2) is 4.98 Å². The van der Waals surface area contributed by atoms with Gasteiger partial charge >= 0.3 is 0 Å². The molecule has 3 heterocycles. The number of aromatic nitrogens is 3. The van der Waals surface area contributed by atoms with Gasteiger partial charge in [0, 0.05) is 23.3 Å². The van der Waals surface area contributed by atoms with Crippen molar-refractivity contribution >= 4 is 10.9 Å². The zero-order valence-electron chi connectivity index (χ0n) is 16.4. The monoisotopic (exact) mass is 385 g/mol. The van der Waals surface area contributed by atoms with Crippen LogP contribution < -0.4 is 0 Å². The van der Waals surface area contributed by atoms with Crippen LogP contribution in [-0.2, 0) is 12.8 Å². The first-order valence-corrected chi connectivity index (χ1v) is 10.3. The molecule has 3 aromatic heterocycles. The van der Waals surface area contributed by atoms with E-state index in [4.69, 9.17) is 9.97 Å². The molecule has 0 amide bonds. The van der Waals surface area contributed by atoms with Crippen LogP contribution in [0.1, 0.15) is 11.1 Å². The van der Waals surface area contributed by atoms with Gasteiger partial charge in [0.2, 0.25) is 0 Å². The zero-order chi connectivity index (χ0) is 19.9. The lowest BCUT2D eigenvalue weighted by Crippen LogP contribution is -2.08. The lowest BCUT2D eigenvalue weighted by atomic mass is 9.82. The highest BCUT2D eigenvalue weighted by Crippen LogP contribution is 2.42. The highest BCUT2D eigenvalue weighted by Gasteiger charge is 2.23. The van der Waals surface area contributed by atoms with Gasteiger partial charge in [0.1, 0.15) is 0 Å². The summed E-state index contributed by atoms with van der Waals surface area (Å²) in [6.07, 6.45) is 5.75. The normalized spacial score (nSPS) is 12.4. The second kappa shape index (κ2) is 6.89. The summed E-state index contributed by atoms with van der Waals surface area (Å²) in [6, 6.07) is 27.2. The lowest BCUT2D eigenvalue weighted by molar-refractivity contribution is 0.939. The smallest absolute Gasteiger partial charge is 0.0886 e. The van der Waals surface area contributed by atoms with E-state index in [1.54, 1.807) is 6.20 Å². The average Bonchev–Trinajstić information content (AvgIpc) is 2.84. The Bertz CT molecular complexity index is 1370. The Balaban J connectivity index is 1.57. The van der Waals surface area contributed by atoms with Crippen LogP contribution in [0.3, 0.4) is 0 Å². The van der Waals surface area contributed by atoms with Gasteiger partial charge < -0.3 is 0 Å². The second-order valence-electron chi connectivity index (χ2n) is 7.64. The summed E-state index contributed by atoms with van der Waals surface area (Å²) < 4.78 is 0. The molecule has 30 heavy (non-hydrogen) atoms. The Kier molecular flexibility index (Phi) is 3.91. The molecule has 0 saturated carbocycles. The van der Waals surface area contributed by atoms with Crippen molar-refractivity contribution in [3.63, 3.8) is 0 Å². The summed E-state index contributed by atoms with van der Waals surface area (Å²) in [4.78, 5) is 14.2. The van der Waals surface area contributed by atoms with Gasteiger partial charge in [0.25, 0.3) is 0 Å². The highest BCUT2D eigenvalue weighted by molar-refractivity contribution is 6.00. The van der Waals surface area contributed by atoms with E-state index in [1.165, 1.54) is 27.6 Å². The number of para-hydroxylation sites is 1. The fraction of sp³-hybridized carbons (Fsp3) is 0.0741. The van der Waals surface area contributed by atoms with Gasteiger partial charge in [0.15, 0.2) is 0 Å². The Morgan fingerprint density at radius 1 is 0.667 bits per heavy atom. The molecule has 3 nitrogen and oxygen atoms in total.